The molecule has 0 aliphatic heterocycles. The zero-order valence-electron chi connectivity index (χ0n) is 12.2. The van der Waals surface area contributed by atoms with Gasteiger partial charge in [-0.15, -0.1) is 5.10 Å². The second kappa shape index (κ2) is 5.42. The van der Waals surface area contributed by atoms with Crippen molar-refractivity contribution in [1.82, 2.24) is 20.2 Å². The minimum atomic E-state index is -0.353. The third-order valence-corrected chi connectivity index (χ3v) is 4.36. The van der Waals surface area contributed by atoms with Crippen LogP contribution in [0.1, 0.15) is 39.0 Å². The summed E-state index contributed by atoms with van der Waals surface area (Å²) in [5.74, 6) is 0.0978. The van der Waals surface area contributed by atoms with E-state index in [9.17, 15) is 4.39 Å². The van der Waals surface area contributed by atoms with Crippen molar-refractivity contribution in [2.75, 3.05) is 5.73 Å². The van der Waals surface area contributed by atoms with Gasteiger partial charge >= 0.3 is 0 Å². The molecule has 0 amide bonds. The molecule has 1 heterocycles. The molecule has 0 spiro atoms. The fourth-order valence-electron chi connectivity index (χ4n) is 3.14. The van der Waals surface area contributed by atoms with E-state index in [1.54, 1.807) is 10.7 Å². The number of tetrazole rings is 1. The maximum absolute atomic E-state index is 14.0. The third-order valence-electron chi connectivity index (χ3n) is 4.36. The smallest absolute Gasteiger partial charge is 0.185 e. The van der Waals surface area contributed by atoms with Gasteiger partial charge in [0, 0.05) is 5.69 Å². The molecule has 21 heavy (non-hydrogen) atoms. The van der Waals surface area contributed by atoms with E-state index >= 15 is 0 Å². The van der Waals surface area contributed by atoms with Gasteiger partial charge in [0.05, 0.1) is 12.1 Å². The summed E-state index contributed by atoms with van der Waals surface area (Å²) in [6.45, 7) is 2.97. The summed E-state index contributed by atoms with van der Waals surface area (Å²) in [5, 5.41) is 11.8. The molecule has 3 rings (SSSR count). The average molecular weight is 289 g/mol. The Labute approximate surface area is 123 Å². The fraction of sp³-hybridized carbons (Fsp3) is 0.533. The Kier molecular flexibility index (Phi) is 3.61. The lowest BCUT2D eigenvalue weighted by Crippen LogP contribution is -2.27. The lowest BCUT2D eigenvalue weighted by atomic mass is 9.76. The van der Waals surface area contributed by atoms with E-state index in [0.29, 0.717) is 23.6 Å². The molecule has 0 unspecified atom stereocenters. The second-order valence-electron chi connectivity index (χ2n) is 6.27. The van der Waals surface area contributed by atoms with Crippen molar-refractivity contribution in [2.45, 2.75) is 45.6 Å². The Morgan fingerprint density at radius 1 is 1.29 bits per heavy atom. The number of benzene rings is 1. The van der Waals surface area contributed by atoms with Crippen LogP contribution in [0.15, 0.2) is 18.2 Å². The van der Waals surface area contributed by atoms with Gasteiger partial charge in [-0.25, -0.2) is 9.07 Å². The molecule has 0 saturated heterocycles. The van der Waals surface area contributed by atoms with Crippen molar-refractivity contribution in [3.05, 3.63) is 24.0 Å². The molecule has 1 aliphatic rings. The molecule has 0 atom stereocenters. The number of aromatic nitrogens is 4. The quantitative estimate of drug-likeness (QED) is 0.882. The van der Waals surface area contributed by atoms with Gasteiger partial charge in [0.25, 0.3) is 0 Å². The fourth-order valence-corrected chi connectivity index (χ4v) is 3.14. The molecule has 1 saturated carbocycles. The number of rotatable bonds is 3. The highest BCUT2D eigenvalue weighted by Crippen LogP contribution is 2.37. The van der Waals surface area contributed by atoms with E-state index in [0.717, 1.165) is 12.8 Å². The molecule has 6 heteroatoms. The molecule has 112 valence electrons. The van der Waals surface area contributed by atoms with Crippen LogP contribution in [-0.2, 0) is 6.54 Å². The Morgan fingerprint density at radius 2 is 2.05 bits per heavy atom. The number of nitrogen functional groups attached to an aromatic ring is 1. The lowest BCUT2D eigenvalue weighted by molar-refractivity contribution is 0.175. The van der Waals surface area contributed by atoms with E-state index in [1.165, 1.54) is 31.4 Å². The Hall–Kier alpha value is -1.98. The standard InChI is InChI=1S/C15H20FN5/c1-15(7-3-2-4-8-15)10-21-14(18-19-20-21)12-9-11(17)5-6-13(12)16/h5-6,9H,2-4,7-8,10,17H2,1H3. The topological polar surface area (TPSA) is 69.6 Å². The zero-order valence-corrected chi connectivity index (χ0v) is 12.2. The molecule has 0 radical (unpaired) electrons. The van der Waals surface area contributed by atoms with Crippen LogP contribution in [-0.4, -0.2) is 20.2 Å². The van der Waals surface area contributed by atoms with Crippen molar-refractivity contribution in [3.63, 3.8) is 0 Å². The van der Waals surface area contributed by atoms with Crippen LogP contribution >= 0.6 is 0 Å². The molecule has 1 fully saturated rings. The van der Waals surface area contributed by atoms with Crippen molar-refractivity contribution < 1.29 is 4.39 Å². The molecule has 1 aliphatic carbocycles. The highest BCUT2D eigenvalue weighted by atomic mass is 19.1. The van der Waals surface area contributed by atoms with Gasteiger partial charge < -0.3 is 5.73 Å². The SMILES string of the molecule is CC1(Cn2nnnc2-c2cc(N)ccc2F)CCCCC1. The summed E-state index contributed by atoms with van der Waals surface area (Å²) in [5.41, 5.74) is 6.79. The van der Waals surface area contributed by atoms with E-state index in [-0.39, 0.29) is 11.2 Å². The van der Waals surface area contributed by atoms with Gasteiger partial charge in [-0.3, -0.25) is 0 Å². The van der Waals surface area contributed by atoms with Crippen LogP contribution in [0.4, 0.5) is 10.1 Å². The first-order valence-electron chi connectivity index (χ1n) is 7.39. The highest BCUT2D eigenvalue weighted by molar-refractivity contribution is 5.61. The number of halogens is 1. The third kappa shape index (κ3) is 2.89. The van der Waals surface area contributed by atoms with Crippen LogP contribution in [0.25, 0.3) is 11.4 Å². The molecule has 0 bridgehead atoms. The number of nitrogens with two attached hydrogens (primary N) is 1. The van der Waals surface area contributed by atoms with Gasteiger partial charge in [0.2, 0.25) is 0 Å². The zero-order chi connectivity index (χ0) is 14.9. The summed E-state index contributed by atoms with van der Waals surface area (Å²) < 4.78 is 15.7. The first-order chi connectivity index (χ1) is 10.1. The van der Waals surface area contributed by atoms with Crippen molar-refractivity contribution in [3.8, 4) is 11.4 Å². The van der Waals surface area contributed by atoms with E-state index in [1.807, 2.05) is 0 Å². The van der Waals surface area contributed by atoms with Gasteiger partial charge in [0.1, 0.15) is 5.82 Å². The van der Waals surface area contributed by atoms with Gasteiger partial charge in [-0.2, -0.15) is 0 Å². The highest BCUT2D eigenvalue weighted by Gasteiger charge is 2.29. The predicted molar refractivity (Wildman–Crippen MR) is 78.8 cm³/mol. The molecular weight excluding hydrogens is 269 g/mol. The number of hydrogen-bond acceptors (Lipinski definition) is 4. The molecular formula is C15H20FN5. The van der Waals surface area contributed by atoms with Crippen LogP contribution in [0.3, 0.4) is 0 Å². The number of anilines is 1. The minimum absolute atomic E-state index is 0.180. The normalized spacial score (nSPS) is 17.8. The van der Waals surface area contributed by atoms with E-state index < -0.39 is 0 Å². The van der Waals surface area contributed by atoms with Crippen molar-refractivity contribution >= 4 is 5.69 Å². The first-order valence-corrected chi connectivity index (χ1v) is 7.39. The summed E-state index contributed by atoms with van der Waals surface area (Å²) >= 11 is 0. The van der Waals surface area contributed by atoms with Crippen molar-refractivity contribution in [2.24, 2.45) is 5.41 Å². The summed E-state index contributed by atoms with van der Waals surface area (Å²) in [6.07, 6.45) is 6.08. The van der Waals surface area contributed by atoms with Gasteiger partial charge in [-0.05, 0) is 46.9 Å². The van der Waals surface area contributed by atoms with Crippen LogP contribution in [0, 0.1) is 11.2 Å². The maximum atomic E-state index is 14.0. The van der Waals surface area contributed by atoms with Crippen molar-refractivity contribution in [1.29, 1.82) is 0 Å². The lowest BCUT2D eigenvalue weighted by Gasteiger charge is -2.33. The Bertz CT molecular complexity index is 631. The molecule has 1 aromatic carbocycles. The maximum Gasteiger partial charge on any atom is 0.185 e. The first kappa shape index (κ1) is 14.0. The Balaban J connectivity index is 1.92. The van der Waals surface area contributed by atoms with Crippen LogP contribution < -0.4 is 5.73 Å². The minimum Gasteiger partial charge on any atom is -0.399 e. The number of hydrogen-bond donors (Lipinski definition) is 1. The van der Waals surface area contributed by atoms with Crippen LogP contribution in [0.2, 0.25) is 0 Å². The molecule has 1 aromatic heterocycles. The number of nitrogens with zero attached hydrogens (tertiary/aromatic N) is 4. The van der Waals surface area contributed by atoms with Crippen LogP contribution in [0.5, 0.6) is 0 Å². The summed E-state index contributed by atoms with van der Waals surface area (Å²) in [7, 11) is 0. The predicted octanol–water partition coefficient (Wildman–Crippen LogP) is 3.03. The van der Waals surface area contributed by atoms with Gasteiger partial charge in [0.15, 0.2) is 5.82 Å². The van der Waals surface area contributed by atoms with Gasteiger partial charge in [-0.1, -0.05) is 26.2 Å². The Morgan fingerprint density at radius 3 is 2.81 bits per heavy atom. The molecule has 2 aromatic rings. The van der Waals surface area contributed by atoms with E-state index in [4.69, 9.17) is 5.73 Å². The summed E-state index contributed by atoms with van der Waals surface area (Å²) in [4.78, 5) is 0. The molecule has 2 N–H and O–H groups in total. The largest absolute Gasteiger partial charge is 0.399 e. The molecule has 5 nitrogen and oxygen atoms in total. The van der Waals surface area contributed by atoms with E-state index in [2.05, 4.69) is 22.4 Å². The monoisotopic (exact) mass is 289 g/mol. The average Bonchev–Trinajstić information content (AvgIpc) is 2.89. The second-order valence-corrected chi connectivity index (χ2v) is 6.27. The summed E-state index contributed by atoms with van der Waals surface area (Å²) in [6, 6.07) is 4.47.